The van der Waals surface area contributed by atoms with Crippen molar-refractivity contribution < 1.29 is 9.53 Å². The number of anilines is 1. The Morgan fingerprint density at radius 3 is 2.95 bits per heavy atom. The van der Waals surface area contributed by atoms with Crippen molar-refractivity contribution in [3.8, 4) is 0 Å². The van der Waals surface area contributed by atoms with E-state index in [1.165, 1.54) is 0 Å². The van der Waals surface area contributed by atoms with Crippen LogP contribution >= 0.6 is 12.2 Å². The van der Waals surface area contributed by atoms with Gasteiger partial charge in [-0.3, -0.25) is 4.79 Å². The van der Waals surface area contributed by atoms with Crippen LogP contribution in [0.25, 0.3) is 0 Å². The van der Waals surface area contributed by atoms with Gasteiger partial charge in [-0.2, -0.15) is 0 Å². The van der Waals surface area contributed by atoms with E-state index in [4.69, 9.17) is 22.7 Å². The van der Waals surface area contributed by atoms with Gasteiger partial charge in [0.15, 0.2) is 0 Å². The highest BCUT2D eigenvalue weighted by molar-refractivity contribution is 7.80. The third-order valence-corrected chi connectivity index (χ3v) is 2.50. The van der Waals surface area contributed by atoms with E-state index in [2.05, 4.69) is 15.6 Å². The van der Waals surface area contributed by atoms with Gasteiger partial charge in [-0.15, -0.1) is 0 Å². The lowest BCUT2D eigenvalue weighted by atomic mass is 10.3. The van der Waals surface area contributed by atoms with E-state index < -0.39 is 0 Å². The number of hydrogen-bond donors (Lipinski definition) is 3. The van der Waals surface area contributed by atoms with E-state index in [-0.39, 0.29) is 10.9 Å². The Balaban J connectivity index is 2.31. The summed E-state index contributed by atoms with van der Waals surface area (Å²) in [6.45, 7) is 1.52. The first-order chi connectivity index (χ1) is 9.13. The van der Waals surface area contributed by atoms with Gasteiger partial charge < -0.3 is 21.1 Å². The molecule has 1 rings (SSSR count). The average Bonchev–Trinajstić information content (AvgIpc) is 2.39. The molecular weight excluding hydrogens is 264 g/mol. The van der Waals surface area contributed by atoms with Crippen LogP contribution in [0.3, 0.4) is 0 Å². The number of aromatic nitrogens is 1. The van der Waals surface area contributed by atoms with Gasteiger partial charge in [-0.05, 0) is 12.1 Å². The van der Waals surface area contributed by atoms with Gasteiger partial charge in [-0.25, -0.2) is 4.98 Å². The molecule has 4 N–H and O–H groups in total. The summed E-state index contributed by atoms with van der Waals surface area (Å²) >= 11 is 4.85. The molecule has 0 aliphatic carbocycles. The van der Waals surface area contributed by atoms with Crippen LogP contribution in [0.4, 0.5) is 5.82 Å². The molecule has 0 saturated carbocycles. The van der Waals surface area contributed by atoms with E-state index in [1.54, 1.807) is 19.2 Å². The van der Waals surface area contributed by atoms with Crippen LogP contribution in [0.5, 0.6) is 0 Å². The molecule has 1 aromatic heterocycles. The van der Waals surface area contributed by atoms with Crippen LogP contribution in [0.2, 0.25) is 0 Å². The quantitative estimate of drug-likeness (QED) is 0.469. The molecule has 1 aromatic rings. The number of thiocarbonyl (C=S) groups is 1. The normalized spacial score (nSPS) is 9.95. The smallest absolute Gasteiger partial charge is 0.221 e. The van der Waals surface area contributed by atoms with E-state index in [9.17, 15) is 4.79 Å². The third kappa shape index (κ3) is 6.12. The van der Waals surface area contributed by atoms with Crippen molar-refractivity contribution in [2.24, 2.45) is 5.73 Å². The SMILES string of the molecule is COCCNC(=O)CCNc1cccc(C(N)=S)n1. The fourth-order valence-electron chi connectivity index (χ4n) is 1.36. The lowest BCUT2D eigenvalue weighted by Crippen LogP contribution is -2.28. The largest absolute Gasteiger partial charge is 0.388 e. The van der Waals surface area contributed by atoms with Crippen molar-refractivity contribution in [3.05, 3.63) is 23.9 Å². The summed E-state index contributed by atoms with van der Waals surface area (Å²) < 4.78 is 4.84. The van der Waals surface area contributed by atoms with Gasteiger partial charge in [0, 0.05) is 26.6 Å². The number of hydrogen-bond acceptors (Lipinski definition) is 5. The predicted octanol–water partition coefficient (Wildman–Crippen LogP) is 0.280. The maximum atomic E-state index is 11.4. The minimum Gasteiger partial charge on any atom is -0.388 e. The fourth-order valence-corrected chi connectivity index (χ4v) is 1.47. The highest BCUT2D eigenvalue weighted by atomic mass is 32.1. The first kappa shape index (κ1) is 15.3. The Kier molecular flexibility index (Phi) is 6.76. The molecule has 0 saturated heterocycles. The summed E-state index contributed by atoms with van der Waals surface area (Å²) in [5, 5.41) is 5.78. The van der Waals surface area contributed by atoms with Crippen LogP contribution in [0.15, 0.2) is 18.2 Å². The van der Waals surface area contributed by atoms with Crippen LogP contribution < -0.4 is 16.4 Å². The molecule has 0 aliphatic rings. The Labute approximate surface area is 117 Å². The van der Waals surface area contributed by atoms with Crippen molar-refractivity contribution in [1.82, 2.24) is 10.3 Å². The fraction of sp³-hybridized carbons (Fsp3) is 0.417. The van der Waals surface area contributed by atoms with Crippen molar-refractivity contribution in [1.29, 1.82) is 0 Å². The molecule has 0 aromatic carbocycles. The Morgan fingerprint density at radius 2 is 2.26 bits per heavy atom. The predicted molar refractivity (Wildman–Crippen MR) is 78.1 cm³/mol. The van der Waals surface area contributed by atoms with Crippen molar-refractivity contribution in [2.75, 3.05) is 32.1 Å². The molecule has 19 heavy (non-hydrogen) atoms. The van der Waals surface area contributed by atoms with Crippen molar-refractivity contribution >= 4 is 28.9 Å². The van der Waals surface area contributed by atoms with Gasteiger partial charge in [0.25, 0.3) is 0 Å². The minimum absolute atomic E-state index is 0.0324. The van der Waals surface area contributed by atoms with Gasteiger partial charge in [-0.1, -0.05) is 18.3 Å². The summed E-state index contributed by atoms with van der Waals surface area (Å²) in [6.07, 6.45) is 0.364. The lowest BCUT2D eigenvalue weighted by molar-refractivity contribution is -0.121. The Hall–Kier alpha value is -1.73. The summed E-state index contributed by atoms with van der Waals surface area (Å²) in [5.41, 5.74) is 6.05. The molecule has 0 fully saturated rings. The van der Waals surface area contributed by atoms with Gasteiger partial charge in [0.2, 0.25) is 5.91 Å². The number of methoxy groups -OCH3 is 1. The number of carbonyl (C=O) groups is 1. The number of nitrogens with zero attached hydrogens (tertiary/aromatic N) is 1. The highest BCUT2D eigenvalue weighted by Gasteiger charge is 2.02. The van der Waals surface area contributed by atoms with E-state index in [0.29, 0.717) is 37.6 Å². The number of nitrogens with one attached hydrogen (secondary N) is 2. The zero-order valence-corrected chi connectivity index (χ0v) is 11.6. The maximum Gasteiger partial charge on any atom is 0.221 e. The second-order valence-electron chi connectivity index (χ2n) is 3.79. The monoisotopic (exact) mass is 282 g/mol. The number of ether oxygens (including phenoxy) is 1. The van der Waals surface area contributed by atoms with Crippen LogP contribution in [0.1, 0.15) is 12.1 Å². The van der Waals surface area contributed by atoms with Gasteiger partial charge >= 0.3 is 0 Å². The van der Waals surface area contributed by atoms with Gasteiger partial charge in [0.1, 0.15) is 10.8 Å². The molecule has 0 radical (unpaired) electrons. The summed E-state index contributed by atoms with van der Waals surface area (Å²) in [5.74, 6) is 0.616. The molecule has 0 unspecified atom stereocenters. The zero-order chi connectivity index (χ0) is 14.1. The third-order valence-electron chi connectivity index (χ3n) is 2.29. The molecule has 0 atom stereocenters. The Morgan fingerprint density at radius 1 is 1.47 bits per heavy atom. The molecule has 7 heteroatoms. The van der Waals surface area contributed by atoms with Crippen molar-refractivity contribution in [3.63, 3.8) is 0 Å². The van der Waals surface area contributed by atoms with Crippen molar-refractivity contribution in [2.45, 2.75) is 6.42 Å². The molecule has 1 heterocycles. The number of rotatable bonds is 8. The summed E-state index contributed by atoms with van der Waals surface area (Å²) in [7, 11) is 1.59. The molecule has 1 amide bonds. The van der Waals surface area contributed by atoms with E-state index in [0.717, 1.165) is 0 Å². The minimum atomic E-state index is -0.0324. The first-order valence-electron chi connectivity index (χ1n) is 5.90. The second-order valence-corrected chi connectivity index (χ2v) is 4.23. The van der Waals surface area contributed by atoms with Gasteiger partial charge in [0.05, 0.1) is 12.3 Å². The molecule has 104 valence electrons. The summed E-state index contributed by atoms with van der Waals surface area (Å²) in [4.78, 5) is 15.9. The second kappa shape index (κ2) is 8.39. The topological polar surface area (TPSA) is 89.3 Å². The molecular formula is C12H18N4O2S. The maximum absolute atomic E-state index is 11.4. The number of carbonyl (C=O) groups excluding carboxylic acids is 1. The molecule has 0 spiro atoms. The summed E-state index contributed by atoms with van der Waals surface area (Å²) in [6, 6.07) is 5.35. The molecule has 0 bridgehead atoms. The first-order valence-corrected chi connectivity index (χ1v) is 6.30. The highest BCUT2D eigenvalue weighted by Crippen LogP contribution is 2.04. The standard InChI is InChI=1S/C12H18N4O2S/c1-18-8-7-15-11(17)5-6-14-10-4-2-3-9(16-10)12(13)19/h2-4H,5-8H2,1H3,(H2,13,19)(H,14,16)(H,15,17). The van der Waals surface area contributed by atoms with Crippen LogP contribution in [-0.4, -0.2) is 42.7 Å². The van der Waals surface area contributed by atoms with E-state index >= 15 is 0 Å². The lowest BCUT2D eigenvalue weighted by Gasteiger charge is -2.07. The van der Waals surface area contributed by atoms with Crippen LogP contribution in [-0.2, 0) is 9.53 Å². The molecule has 6 nitrogen and oxygen atoms in total. The zero-order valence-electron chi connectivity index (χ0n) is 10.8. The molecule has 0 aliphatic heterocycles. The van der Waals surface area contributed by atoms with Crippen LogP contribution in [0, 0.1) is 0 Å². The number of nitrogens with two attached hydrogens (primary N) is 1. The number of amides is 1. The number of pyridine rings is 1. The van der Waals surface area contributed by atoms with E-state index in [1.807, 2.05) is 6.07 Å². The average molecular weight is 282 g/mol. The Bertz CT molecular complexity index is 439.